The Hall–Kier alpha value is -2.07. The molecule has 1 heterocycles. The molecule has 4 nitrogen and oxygen atoms in total. The Balaban J connectivity index is 1.68. The lowest BCUT2D eigenvalue weighted by Gasteiger charge is -2.18. The van der Waals surface area contributed by atoms with Gasteiger partial charge in [-0.2, -0.15) is 0 Å². The Bertz CT molecular complexity index is 581. The molecule has 2 aliphatic carbocycles. The number of rotatable bonds is 5. The first kappa shape index (κ1) is 12.9. The van der Waals surface area contributed by atoms with Crippen LogP contribution >= 0.6 is 0 Å². The predicted octanol–water partition coefficient (Wildman–Crippen LogP) is 2.12. The third-order valence-corrected chi connectivity index (χ3v) is 3.63. The first-order valence-corrected chi connectivity index (χ1v) is 6.84. The van der Waals surface area contributed by atoms with Crippen LogP contribution in [-0.2, 0) is 4.79 Å². The summed E-state index contributed by atoms with van der Waals surface area (Å²) in [5, 5.41) is 3.38. The van der Waals surface area contributed by atoms with E-state index in [1.54, 1.807) is 12.4 Å². The highest BCUT2D eigenvalue weighted by molar-refractivity contribution is 6.23. The largest absolute Gasteiger partial charge is 0.302 e. The van der Waals surface area contributed by atoms with Crippen LogP contribution in [-0.4, -0.2) is 29.8 Å². The Morgan fingerprint density at radius 1 is 1.40 bits per heavy atom. The molecule has 0 spiro atoms. The molecule has 3 aliphatic rings. The van der Waals surface area contributed by atoms with Crippen molar-refractivity contribution < 1.29 is 4.79 Å². The zero-order valence-corrected chi connectivity index (χ0v) is 11.2. The van der Waals surface area contributed by atoms with Crippen LogP contribution in [0.3, 0.4) is 0 Å². The van der Waals surface area contributed by atoms with Crippen LogP contribution in [0.15, 0.2) is 58.3 Å². The number of hydrogen-bond acceptors (Lipinski definition) is 4. The molecule has 1 saturated carbocycles. The van der Waals surface area contributed by atoms with Gasteiger partial charge in [-0.1, -0.05) is 30.4 Å². The lowest BCUT2D eigenvalue weighted by atomic mass is 10.1. The van der Waals surface area contributed by atoms with Gasteiger partial charge in [-0.05, 0) is 18.4 Å². The van der Waals surface area contributed by atoms with E-state index < -0.39 is 0 Å². The molecule has 102 valence electrons. The zero-order chi connectivity index (χ0) is 13.8. The average molecular weight is 267 g/mol. The Morgan fingerprint density at radius 2 is 2.35 bits per heavy atom. The monoisotopic (exact) mass is 267 g/mol. The summed E-state index contributed by atoms with van der Waals surface area (Å²) in [5.41, 5.74) is 1.90. The van der Waals surface area contributed by atoms with E-state index in [2.05, 4.69) is 39.6 Å². The molecule has 20 heavy (non-hydrogen) atoms. The lowest BCUT2D eigenvalue weighted by molar-refractivity contribution is -0.109. The van der Waals surface area contributed by atoms with E-state index in [9.17, 15) is 4.79 Å². The van der Waals surface area contributed by atoms with Crippen LogP contribution in [0.5, 0.6) is 0 Å². The smallest absolute Gasteiger partial charge is 0.137 e. The van der Waals surface area contributed by atoms with Crippen molar-refractivity contribution in [3.63, 3.8) is 0 Å². The van der Waals surface area contributed by atoms with Crippen molar-refractivity contribution in [3.05, 3.63) is 48.4 Å². The molecular weight excluding hydrogens is 250 g/mol. The van der Waals surface area contributed by atoms with Crippen LogP contribution in [0.2, 0.25) is 0 Å². The van der Waals surface area contributed by atoms with E-state index in [0.717, 1.165) is 30.4 Å². The molecule has 0 radical (unpaired) electrons. The second-order valence-corrected chi connectivity index (χ2v) is 5.20. The summed E-state index contributed by atoms with van der Waals surface area (Å²) in [4.78, 5) is 19.8. The van der Waals surface area contributed by atoms with Gasteiger partial charge in [-0.25, -0.2) is 0 Å². The van der Waals surface area contributed by atoms with Crippen molar-refractivity contribution in [3.8, 4) is 0 Å². The van der Waals surface area contributed by atoms with E-state index in [-0.39, 0.29) is 11.6 Å². The van der Waals surface area contributed by atoms with E-state index in [1.807, 2.05) is 12.3 Å². The lowest BCUT2D eigenvalue weighted by Crippen LogP contribution is -2.44. The van der Waals surface area contributed by atoms with Crippen molar-refractivity contribution in [2.45, 2.75) is 30.8 Å². The average Bonchev–Trinajstić information content (AvgIpc) is 3.18. The minimum atomic E-state index is -0.306. The van der Waals surface area contributed by atoms with Crippen LogP contribution in [0.1, 0.15) is 19.3 Å². The highest BCUT2D eigenvalue weighted by Gasteiger charge is 2.51. The van der Waals surface area contributed by atoms with E-state index >= 15 is 0 Å². The van der Waals surface area contributed by atoms with Gasteiger partial charge in [0, 0.05) is 30.7 Å². The molecule has 4 heteroatoms. The molecule has 0 aromatic rings. The maximum Gasteiger partial charge on any atom is 0.137 e. The molecule has 0 amide bonds. The maximum absolute atomic E-state index is 11.4. The molecule has 3 rings (SSSR count). The second kappa shape index (κ2) is 5.51. The minimum Gasteiger partial charge on any atom is -0.302 e. The van der Waals surface area contributed by atoms with Crippen molar-refractivity contribution in [1.82, 2.24) is 5.32 Å². The molecular formula is C16H17N3O. The van der Waals surface area contributed by atoms with Gasteiger partial charge < -0.3 is 4.79 Å². The topological polar surface area (TPSA) is 53.8 Å². The Morgan fingerprint density at radius 3 is 3.25 bits per heavy atom. The quantitative estimate of drug-likeness (QED) is 0.776. The van der Waals surface area contributed by atoms with Gasteiger partial charge in [0.25, 0.3) is 0 Å². The highest BCUT2D eigenvalue weighted by atomic mass is 16.1. The first-order chi connectivity index (χ1) is 9.82. The predicted molar refractivity (Wildman–Crippen MR) is 81.0 cm³/mol. The van der Waals surface area contributed by atoms with E-state index in [0.29, 0.717) is 6.42 Å². The van der Waals surface area contributed by atoms with Crippen molar-refractivity contribution in [2.24, 2.45) is 9.98 Å². The molecule has 0 bridgehead atoms. The summed E-state index contributed by atoms with van der Waals surface area (Å²) in [5.74, 6) is 0. The van der Waals surface area contributed by atoms with E-state index in [4.69, 9.17) is 0 Å². The van der Waals surface area contributed by atoms with Crippen LogP contribution in [0.25, 0.3) is 0 Å². The van der Waals surface area contributed by atoms with Gasteiger partial charge in [-0.3, -0.25) is 15.3 Å². The van der Waals surface area contributed by atoms with Crippen molar-refractivity contribution in [2.75, 3.05) is 0 Å². The van der Waals surface area contributed by atoms with Crippen molar-refractivity contribution >= 4 is 18.2 Å². The molecule has 0 aromatic carbocycles. The summed E-state index contributed by atoms with van der Waals surface area (Å²) < 4.78 is 0. The van der Waals surface area contributed by atoms with Gasteiger partial charge >= 0.3 is 0 Å². The summed E-state index contributed by atoms with van der Waals surface area (Å²) in [6.45, 7) is 0. The maximum atomic E-state index is 11.4. The number of aldehydes is 1. The summed E-state index contributed by atoms with van der Waals surface area (Å²) in [6.07, 6.45) is 19.0. The third-order valence-electron chi connectivity index (χ3n) is 3.63. The molecule has 2 unspecified atom stereocenters. The fraction of sp³-hybridized carbons (Fsp3) is 0.312. The minimum absolute atomic E-state index is 0.227. The van der Waals surface area contributed by atoms with Gasteiger partial charge in [0.05, 0.1) is 11.6 Å². The molecule has 1 aliphatic heterocycles. The number of carbonyl (C=O) groups is 1. The number of nitrogens with zero attached hydrogens (tertiary/aromatic N) is 2. The molecule has 0 aromatic heterocycles. The molecule has 1 N–H and O–H groups in total. The van der Waals surface area contributed by atoms with Gasteiger partial charge in [0.2, 0.25) is 0 Å². The van der Waals surface area contributed by atoms with Crippen LogP contribution in [0, 0.1) is 0 Å². The Kier molecular flexibility index (Phi) is 3.56. The summed E-state index contributed by atoms with van der Waals surface area (Å²) in [6, 6.07) is -0.227. The fourth-order valence-electron chi connectivity index (χ4n) is 2.48. The van der Waals surface area contributed by atoms with Gasteiger partial charge in [0.1, 0.15) is 6.29 Å². The van der Waals surface area contributed by atoms with Crippen LogP contribution in [0.4, 0.5) is 0 Å². The van der Waals surface area contributed by atoms with Crippen LogP contribution < -0.4 is 5.32 Å². The number of hydrogen-bond donors (Lipinski definition) is 1. The normalized spacial score (nSPS) is 28.0. The van der Waals surface area contributed by atoms with E-state index in [1.165, 1.54) is 0 Å². The number of fused-ring (bicyclic) bond motifs is 1. The standard InChI is InChI=1S/C16H17N3O/c20-11-14(9-13-5-3-1-2-4-6-13)19-16-10-15(16)18-8-7-17-12-16/h1,3-8,11-12,14,19H,2,9-10H2. The number of nitrogens with one attached hydrogen (secondary N) is 1. The first-order valence-electron chi connectivity index (χ1n) is 6.84. The fourth-order valence-corrected chi connectivity index (χ4v) is 2.48. The second-order valence-electron chi connectivity index (χ2n) is 5.20. The molecule has 2 atom stereocenters. The third kappa shape index (κ3) is 2.75. The molecule has 0 saturated heterocycles. The highest BCUT2D eigenvalue weighted by Crippen LogP contribution is 2.33. The number of aliphatic imine (C=N–C) groups is 2. The molecule has 1 fully saturated rings. The zero-order valence-electron chi connectivity index (χ0n) is 11.2. The van der Waals surface area contributed by atoms with Crippen molar-refractivity contribution in [1.29, 1.82) is 0 Å². The van der Waals surface area contributed by atoms with Gasteiger partial charge in [0.15, 0.2) is 0 Å². The summed E-state index contributed by atoms with van der Waals surface area (Å²) >= 11 is 0. The number of carbonyl (C=O) groups excluding carboxylic acids is 1. The Labute approximate surface area is 118 Å². The SMILES string of the molecule is O=CC(CC1=CC=CCC=C1)NC12C=NC=CN=C1C2. The number of allylic oxidation sites excluding steroid dienone is 5. The van der Waals surface area contributed by atoms with Gasteiger partial charge in [-0.15, -0.1) is 0 Å². The summed E-state index contributed by atoms with van der Waals surface area (Å²) in [7, 11) is 0.